The number of nitrogens with one attached hydrogen (secondary N) is 1. The standard InChI is InChI=1S/C22H37NO/c1-2-3-4-5-6-7-8-9-10-11-12-13-14-19-23-22-17-15-21(20-24)16-18-22/h15-18,20,23H,2-14,19H2,1H3. The maximum absolute atomic E-state index is 10.6. The fourth-order valence-electron chi connectivity index (χ4n) is 3.06. The van der Waals surface area contributed by atoms with Gasteiger partial charge in [0.25, 0.3) is 0 Å². The van der Waals surface area contributed by atoms with Crippen molar-refractivity contribution in [1.82, 2.24) is 0 Å². The summed E-state index contributed by atoms with van der Waals surface area (Å²) in [6.45, 7) is 3.31. The number of unbranched alkanes of at least 4 members (excludes halogenated alkanes) is 12. The monoisotopic (exact) mass is 331 g/mol. The highest BCUT2D eigenvalue weighted by atomic mass is 16.1. The highest BCUT2D eigenvalue weighted by Crippen LogP contribution is 2.13. The number of carbonyl (C=O) groups excluding carboxylic acids is 1. The topological polar surface area (TPSA) is 29.1 Å². The summed E-state index contributed by atoms with van der Waals surface area (Å²) in [6, 6.07) is 7.68. The van der Waals surface area contributed by atoms with Crippen LogP contribution in [0.3, 0.4) is 0 Å². The molecule has 0 spiro atoms. The molecule has 0 amide bonds. The lowest BCUT2D eigenvalue weighted by molar-refractivity contribution is 0.112. The van der Waals surface area contributed by atoms with Gasteiger partial charge in [-0.1, -0.05) is 84.0 Å². The maximum atomic E-state index is 10.6. The van der Waals surface area contributed by atoms with Crippen molar-refractivity contribution in [2.24, 2.45) is 0 Å². The molecule has 0 aliphatic carbocycles. The Morgan fingerprint density at radius 3 is 1.62 bits per heavy atom. The van der Waals surface area contributed by atoms with E-state index in [-0.39, 0.29) is 0 Å². The van der Waals surface area contributed by atoms with Gasteiger partial charge < -0.3 is 5.32 Å². The molecule has 2 nitrogen and oxygen atoms in total. The van der Waals surface area contributed by atoms with Crippen LogP contribution < -0.4 is 5.32 Å². The number of rotatable bonds is 16. The van der Waals surface area contributed by atoms with Crippen LogP contribution >= 0.6 is 0 Å². The van der Waals surface area contributed by atoms with E-state index in [1.807, 2.05) is 24.3 Å². The molecule has 0 unspecified atom stereocenters. The largest absolute Gasteiger partial charge is 0.385 e. The third-order valence-corrected chi connectivity index (χ3v) is 4.66. The number of hydrogen-bond acceptors (Lipinski definition) is 2. The van der Waals surface area contributed by atoms with Gasteiger partial charge in [0, 0.05) is 17.8 Å². The van der Waals surface area contributed by atoms with E-state index in [4.69, 9.17) is 0 Å². The summed E-state index contributed by atoms with van der Waals surface area (Å²) in [5.74, 6) is 0. The summed E-state index contributed by atoms with van der Waals surface area (Å²) in [4.78, 5) is 10.6. The molecule has 0 aliphatic rings. The molecular formula is C22H37NO. The van der Waals surface area contributed by atoms with E-state index in [2.05, 4.69) is 12.2 Å². The highest BCUT2D eigenvalue weighted by molar-refractivity contribution is 5.75. The minimum atomic E-state index is 0.738. The predicted molar refractivity (Wildman–Crippen MR) is 106 cm³/mol. The van der Waals surface area contributed by atoms with Gasteiger partial charge >= 0.3 is 0 Å². The number of carbonyl (C=O) groups is 1. The van der Waals surface area contributed by atoms with Crippen molar-refractivity contribution >= 4 is 12.0 Å². The highest BCUT2D eigenvalue weighted by Gasteiger charge is 1.95. The third-order valence-electron chi connectivity index (χ3n) is 4.66. The van der Waals surface area contributed by atoms with Crippen LogP contribution in [-0.2, 0) is 0 Å². The zero-order valence-electron chi connectivity index (χ0n) is 15.7. The first-order valence-electron chi connectivity index (χ1n) is 10.2. The van der Waals surface area contributed by atoms with E-state index in [0.29, 0.717) is 0 Å². The average Bonchev–Trinajstić information content (AvgIpc) is 2.62. The third kappa shape index (κ3) is 11.3. The predicted octanol–water partition coefficient (Wildman–Crippen LogP) is 7.00. The molecule has 0 saturated carbocycles. The zero-order valence-corrected chi connectivity index (χ0v) is 15.7. The summed E-state index contributed by atoms with van der Waals surface area (Å²) in [5.41, 5.74) is 1.85. The molecule has 0 saturated heterocycles. The average molecular weight is 332 g/mol. The lowest BCUT2D eigenvalue weighted by atomic mass is 10.0. The van der Waals surface area contributed by atoms with Crippen LogP contribution in [0.2, 0.25) is 0 Å². The van der Waals surface area contributed by atoms with E-state index < -0.39 is 0 Å². The molecule has 0 fully saturated rings. The number of hydrogen-bond donors (Lipinski definition) is 1. The van der Waals surface area contributed by atoms with Gasteiger partial charge in [0.1, 0.15) is 6.29 Å². The number of benzene rings is 1. The van der Waals surface area contributed by atoms with Gasteiger partial charge in [0.05, 0.1) is 0 Å². The van der Waals surface area contributed by atoms with Crippen molar-refractivity contribution in [1.29, 1.82) is 0 Å². The molecule has 1 aromatic carbocycles. The van der Waals surface area contributed by atoms with Gasteiger partial charge in [0.2, 0.25) is 0 Å². The molecular weight excluding hydrogens is 294 g/mol. The molecule has 0 aliphatic heterocycles. The Morgan fingerprint density at radius 2 is 1.17 bits per heavy atom. The van der Waals surface area contributed by atoms with E-state index in [9.17, 15) is 4.79 Å². The minimum Gasteiger partial charge on any atom is -0.385 e. The lowest BCUT2D eigenvalue weighted by Gasteiger charge is -2.06. The molecule has 0 bridgehead atoms. The first-order chi connectivity index (χ1) is 11.9. The van der Waals surface area contributed by atoms with E-state index >= 15 is 0 Å². The van der Waals surface area contributed by atoms with E-state index in [1.54, 1.807) is 0 Å². The Morgan fingerprint density at radius 1 is 0.708 bits per heavy atom. The summed E-state index contributed by atoms with van der Waals surface area (Å²) in [6.07, 6.45) is 19.0. The molecule has 136 valence electrons. The molecule has 2 heteroatoms. The van der Waals surface area contributed by atoms with Gasteiger partial charge in [-0.3, -0.25) is 4.79 Å². The quantitative estimate of drug-likeness (QED) is 0.261. The Bertz CT molecular complexity index is 399. The van der Waals surface area contributed by atoms with Crippen LogP contribution in [0.1, 0.15) is 101 Å². The normalized spacial score (nSPS) is 10.7. The molecule has 0 atom stereocenters. The zero-order chi connectivity index (χ0) is 17.3. The second-order valence-electron chi connectivity index (χ2n) is 6.91. The van der Waals surface area contributed by atoms with Gasteiger partial charge in [0.15, 0.2) is 0 Å². The van der Waals surface area contributed by atoms with Gasteiger partial charge in [-0.25, -0.2) is 0 Å². The molecule has 24 heavy (non-hydrogen) atoms. The van der Waals surface area contributed by atoms with Crippen LogP contribution in [0.4, 0.5) is 5.69 Å². The second-order valence-corrected chi connectivity index (χ2v) is 6.91. The molecule has 0 heterocycles. The van der Waals surface area contributed by atoms with Crippen molar-refractivity contribution in [2.45, 2.75) is 90.4 Å². The first kappa shape index (κ1) is 20.7. The Balaban J connectivity index is 1.81. The maximum Gasteiger partial charge on any atom is 0.150 e. The van der Waals surface area contributed by atoms with Crippen LogP contribution in [0.5, 0.6) is 0 Å². The van der Waals surface area contributed by atoms with Gasteiger partial charge in [-0.05, 0) is 30.7 Å². The van der Waals surface area contributed by atoms with Crippen LogP contribution in [-0.4, -0.2) is 12.8 Å². The van der Waals surface area contributed by atoms with Crippen molar-refractivity contribution in [3.05, 3.63) is 29.8 Å². The summed E-state index contributed by atoms with van der Waals surface area (Å²) < 4.78 is 0. The van der Waals surface area contributed by atoms with Gasteiger partial charge in [-0.15, -0.1) is 0 Å². The second kappa shape index (κ2) is 15.2. The van der Waals surface area contributed by atoms with Crippen LogP contribution in [0.15, 0.2) is 24.3 Å². The lowest BCUT2D eigenvalue weighted by Crippen LogP contribution is -2.01. The minimum absolute atomic E-state index is 0.738. The van der Waals surface area contributed by atoms with Crippen LogP contribution in [0.25, 0.3) is 0 Å². The fraction of sp³-hybridized carbons (Fsp3) is 0.682. The molecule has 1 rings (SSSR count). The molecule has 1 N–H and O–H groups in total. The van der Waals surface area contributed by atoms with Crippen molar-refractivity contribution < 1.29 is 4.79 Å². The Hall–Kier alpha value is -1.31. The molecule has 0 radical (unpaired) electrons. The first-order valence-corrected chi connectivity index (χ1v) is 10.2. The summed E-state index contributed by atoms with van der Waals surface area (Å²) in [7, 11) is 0. The van der Waals surface area contributed by atoms with Crippen molar-refractivity contribution in [3.8, 4) is 0 Å². The summed E-state index contributed by atoms with van der Waals surface area (Å²) in [5, 5.41) is 3.42. The SMILES string of the molecule is CCCCCCCCCCCCCCCNc1ccc(C=O)cc1. The van der Waals surface area contributed by atoms with E-state index in [1.165, 1.54) is 83.5 Å². The van der Waals surface area contributed by atoms with Crippen LogP contribution in [0, 0.1) is 0 Å². The smallest absolute Gasteiger partial charge is 0.150 e. The Labute approximate surface area is 149 Å². The molecule has 1 aromatic rings. The van der Waals surface area contributed by atoms with Gasteiger partial charge in [-0.2, -0.15) is 0 Å². The molecule has 0 aromatic heterocycles. The fourth-order valence-corrected chi connectivity index (χ4v) is 3.06. The van der Waals surface area contributed by atoms with E-state index in [0.717, 1.165) is 24.1 Å². The number of anilines is 1. The summed E-state index contributed by atoms with van der Waals surface area (Å²) >= 11 is 0. The van der Waals surface area contributed by atoms with Crippen molar-refractivity contribution in [3.63, 3.8) is 0 Å². The Kier molecular flexibility index (Phi) is 13.2. The number of aldehydes is 1. The van der Waals surface area contributed by atoms with Crippen molar-refractivity contribution in [2.75, 3.05) is 11.9 Å².